The Kier molecular flexibility index (Phi) is 6.10. The highest BCUT2D eigenvalue weighted by molar-refractivity contribution is 6.05. The van der Waals surface area contributed by atoms with E-state index in [1.807, 2.05) is 36.1 Å². The molecule has 0 radical (unpaired) electrons. The molecule has 2 saturated heterocycles. The molecule has 4 heterocycles. The van der Waals surface area contributed by atoms with Gasteiger partial charge < -0.3 is 9.64 Å². The van der Waals surface area contributed by atoms with Crippen molar-refractivity contribution < 1.29 is 19.1 Å². The number of carbonyl (C=O) groups excluding carboxylic acids is 3. The zero-order chi connectivity index (χ0) is 25.5. The van der Waals surface area contributed by atoms with Gasteiger partial charge in [-0.3, -0.25) is 29.3 Å². The quantitative estimate of drug-likeness (QED) is 0.542. The summed E-state index contributed by atoms with van der Waals surface area (Å²) in [6.45, 7) is 4.73. The predicted octanol–water partition coefficient (Wildman–Crippen LogP) is 2.35. The van der Waals surface area contributed by atoms with Gasteiger partial charge in [-0.15, -0.1) is 0 Å². The lowest BCUT2D eigenvalue weighted by molar-refractivity contribution is -0.136. The third-order valence-electron chi connectivity index (χ3n) is 7.51. The highest BCUT2D eigenvalue weighted by atomic mass is 16.5. The fourth-order valence-corrected chi connectivity index (χ4v) is 5.52. The molecular formula is C28H29N5O4. The number of hydrogen-bond acceptors (Lipinski definition) is 6. The van der Waals surface area contributed by atoms with Crippen LogP contribution in [0.5, 0.6) is 0 Å². The zero-order valence-electron chi connectivity index (χ0n) is 20.8. The van der Waals surface area contributed by atoms with Crippen LogP contribution in [-0.2, 0) is 34.5 Å². The number of piperidine rings is 1. The summed E-state index contributed by atoms with van der Waals surface area (Å²) in [6, 6.07) is 13.8. The van der Waals surface area contributed by atoms with Crippen LogP contribution in [0.4, 0.5) is 0 Å². The summed E-state index contributed by atoms with van der Waals surface area (Å²) in [5.41, 5.74) is 6.77. The summed E-state index contributed by atoms with van der Waals surface area (Å²) < 4.78 is 7.33. The molecule has 2 fully saturated rings. The van der Waals surface area contributed by atoms with Gasteiger partial charge in [0.2, 0.25) is 11.8 Å². The first kappa shape index (κ1) is 23.6. The van der Waals surface area contributed by atoms with Gasteiger partial charge in [0.1, 0.15) is 6.04 Å². The molecule has 0 aliphatic carbocycles. The highest BCUT2D eigenvalue weighted by Crippen LogP contribution is 2.35. The van der Waals surface area contributed by atoms with E-state index in [4.69, 9.17) is 4.74 Å². The van der Waals surface area contributed by atoms with Crippen LogP contribution in [0, 0.1) is 0 Å². The zero-order valence-corrected chi connectivity index (χ0v) is 20.8. The molecule has 9 heteroatoms. The Hall–Kier alpha value is -3.82. The Labute approximate surface area is 215 Å². The van der Waals surface area contributed by atoms with Gasteiger partial charge in [-0.1, -0.05) is 30.3 Å². The van der Waals surface area contributed by atoms with Gasteiger partial charge in [0.15, 0.2) is 0 Å². The van der Waals surface area contributed by atoms with Gasteiger partial charge in [-0.05, 0) is 35.2 Å². The first-order valence-electron chi connectivity index (χ1n) is 12.7. The van der Waals surface area contributed by atoms with Gasteiger partial charge in [-0.25, -0.2) is 0 Å². The minimum absolute atomic E-state index is 0.168. The van der Waals surface area contributed by atoms with Gasteiger partial charge in [-0.2, -0.15) is 5.10 Å². The maximum atomic E-state index is 13.1. The highest BCUT2D eigenvalue weighted by Gasteiger charge is 2.39. The lowest BCUT2D eigenvalue weighted by Crippen LogP contribution is -2.52. The Morgan fingerprint density at radius 1 is 1.00 bits per heavy atom. The number of nitrogens with zero attached hydrogens (tertiary/aromatic N) is 4. The van der Waals surface area contributed by atoms with Crippen LogP contribution >= 0.6 is 0 Å². The Morgan fingerprint density at radius 3 is 2.51 bits per heavy atom. The van der Waals surface area contributed by atoms with Gasteiger partial charge in [0.05, 0.1) is 25.1 Å². The van der Waals surface area contributed by atoms with E-state index in [1.165, 1.54) is 5.56 Å². The second-order valence-electron chi connectivity index (χ2n) is 9.89. The number of fused-ring (bicyclic) bond motifs is 1. The molecule has 0 bridgehead atoms. The van der Waals surface area contributed by atoms with Crippen molar-refractivity contribution in [1.29, 1.82) is 0 Å². The normalized spacial score (nSPS) is 20.3. The van der Waals surface area contributed by atoms with E-state index >= 15 is 0 Å². The smallest absolute Gasteiger partial charge is 0.255 e. The number of rotatable bonds is 5. The number of imide groups is 1. The maximum absolute atomic E-state index is 13.1. The summed E-state index contributed by atoms with van der Waals surface area (Å²) in [5.74, 6) is -0.853. The third-order valence-corrected chi connectivity index (χ3v) is 7.51. The van der Waals surface area contributed by atoms with Crippen molar-refractivity contribution in [3.8, 4) is 22.4 Å². The number of benzene rings is 2. The monoisotopic (exact) mass is 499 g/mol. The Bertz CT molecular complexity index is 1370. The number of aromatic nitrogens is 2. The number of morpholine rings is 1. The van der Waals surface area contributed by atoms with E-state index in [0.717, 1.165) is 60.8 Å². The fourth-order valence-electron chi connectivity index (χ4n) is 5.52. The van der Waals surface area contributed by atoms with Crippen molar-refractivity contribution in [3.05, 3.63) is 65.4 Å². The third kappa shape index (κ3) is 4.45. The molecule has 3 amide bonds. The van der Waals surface area contributed by atoms with E-state index < -0.39 is 11.9 Å². The largest absolute Gasteiger partial charge is 0.379 e. The van der Waals surface area contributed by atoms with Crippen LogP contribution in [-0.4, -0.2) is 69.6 Å². The molecule has 1 atom stereocenters. The maximum Gasteiger partial charge on any atom is 0.255 e. The molecule has 0 saturated carbocycles. The van der Waals surface area contributed by atoms with Crippen molar-refractivity contribution in [2.24, 2.45) is 7.05 Å². The summed E-state index contributed by atoms with van der Waals surface area (Å²) in [6.07, 6.45) is 2.45. The second-order valence-corrected chi connectivity index (χ2v) is 9.89. The van der Waals surface area contributed by atoms with Crippen LogP contribution in [0.15, 0.2) is 48.7 Å². The molecule has 6 rings (SSSR count). The number of ether oxygens (including phenoxy) is 1. The molecule has 9 nitrogen and oxygen atoms in total. The van der Waals surface area contributed by atoms with Gasteiger partial charge >= 0.3 is 0 Å². The Balaban J connectivity index is 1.24. The lowest BCUT2D eigenvalue weighted by Gasteiger charge is -2.29. The van der Waals surface area contributed by atoms with E-state index in [-0.39, 0.29) is 18.2 Å². The summed E-state index contributed by atoms with van der Waals surface area (Å²) >= 11 is 0. The van der Waals surface area contributed by atoms with Crippen molar-refractivity contribution in [1.82, 2.24) is 24.9 Å². The fraction of sp³-hybridized carbons (Fsp3) is 0.357. The van der Waals surface area contributed by atoms with Gasteiger partial charge in [0.25, 0.3) is 5.91 Å². The Morgan fingerprint density at radius 2 is 1.76 bits per heavy atom. The molecule has 0 spiro atoms. The standard InChI is InChI=1S/C28H29N5O4/c1-31-26(19-4-2-18(3-5-19)16-32-10-12-37-13-11-32)23(15-29-31)20-6-7-22-21(14-20)17-33(28(22)36)24-8-9-25(34)30-27(24)35/h2-7,14-15,24H,8-13,16-17H2,1H3,(H,30,34,35). The number of aryl methyl sites for hydroxylation is 1. The SMILES string of the molecule is Cn1ncc(-c2ccc3c(c2)CN(C2CCC(=O)NC2=O)C3=O)c1-c1ccc(CN2CCOCC2)cc1. The summed E-state index contributed by atoms with van der Waals surface area (Å²) in [5, 5.41) is 6.89. The van der Waals surface area contributed by atoms with Gasteiger partial charge in [0, 0.05) is 56.3 Å². The minimum Gasteiger partial charge on any atom is -0.379 e. The molecule has 2 aromatic carbocycles. The van der Waals surface area contributed by atoms with Crippen molar-refractivity contribution in [2.75, 3.05) is 26.3 Å². The number of nitrogens with one attached hydrogen (secondary N) is 1. The lowest BCUT2D eigenvalue weighted by atomic mass is 9.97. The van der Waals surface area contributed by atoms with Crippen LogP contribution < -0.4 is 5.32 Å². The summed E-state index contributed by atoms with van der Waals surface area (Å²) in [7, 11) is 1.93. The van der Waals surface area contributed by atoms with E-state index in [0.29, 0.717) is 18.5 Å². The number of carbonyl (C=O) groups is 3. The van der Waals surface area contributed by atoms with Crippen LogP contribution in [0.3, 0.4) is 0 Å². The first-order valence-corrected chi connectivity index (χ1v) is 12.7. The first-order chi connectivity index (χ1) is 18.0. The number of hydrogen-bond donors (Lipinski definition) is 1. The van der Waals surface area contributed by atoms with Crippen molar-refractivity contribution in [2.45, 2.75) is 32.0 Å². The molecule has 3 aromatic rings. The molecule has 1 N–H and O–H groups in total. The molecule has 190 valence electrons. The van der Waals surface area contributed by atoms with Crippen LogP contribution in [0.25, 0.3) is 22.4 Å². The van der Waals surface area contributed by atoms with Crippen molar-refractivity contribution >= 4 is 17.7 Å². The van der Waals surface area contributed by atoms with Crippen LogP contribution in [0.2, 0.25) is 0 Å². The molecule has 3 aliphatic heterocycles. The topological polar surface area (TPSA) is 96.8 Å². The molecule has 3 aliphatic rings. The predicted molar refractivity (Wildman–Crippen MR) is 136 cm³/mol. The molecule has 1 unspecified atom stereocenters. The van der Waals surface area contributed by atoms with E-state index in [2.05, 4.69) is 39.6 Å². The van der Waals surface area contributed by atoms with E-state index in [1.54, 1.807) is 4.90 Å². The average Bonchev–Trinajstić information content (AvgIpc) is 3.44. The second kappa shape index (κ2) is 9.57. The van der Waals surface area contributed by atoms with Crippen molar-refractivity contribution in [3.63, 3.8) is 0 Å². The summed E-state index contributed by atoms with van der Waals surface area (Å²) in [4.78, 5) is 41.0. The average molecular weight is 500 g/mol. The van der Waals surface area contributed by atoms with Crippen LogP contribution in [0.1, 0.15) is 34.3 Å². The molecular weight excluding hydrogens is 470 g/mol. The van der Waals surface area contributed by atoms with E-state index in [9.17, 15) is 14.4 Å². The number of amides is 3. The molecule has 1 aromatic heterocycles. The molecule has 37 heavy (non-hydrogen) atoms. The minimum atomic E-state index is -0.619.